The lowest BCUT2D eigenvalue weighted by Crippen LogP contribution is -2.40. The topological polar surface area (TPSA) is 76.8 Å². The summed E-state index contributed by atoms with van der Waals surface area (Å²) in [5, 5.41) is 15.5. The summed E-state index contributed by atoms with van der Waals surface area (Å²) in [4.78, 5) is 22.1. The molecule has 1 aromatic carbocycles. The molecule has 5 rings (SSSR count). The van der Waals surface area contributed by atoms with Crippen molar-refractivity contribution in [3.05, 3.63) is 46.8 Å². The van der Waals surface area contributed by atoms with E-state index in [1.165, 1.54) is 4.80 Å². The lowest BCUT2D eigenvalue weighted by atomic mass is 10.0. The lowest BCUT2D eigenvalue weighted by Gasteiger charge is -2.34. The van der Waals surface area contributed by atoms with Gasteiger partial charge in [0, 0.05) is 6.54 Å². The summed E-state index contributed by atoms with van der Waals surface area (Å²) in [6.07, 6.45) is 3.06. The van der Waals surface area contributed by atoms with E-state index in [4.69, 9.17) is 4.98 Å². The smallest absolute Gasteiger partial charge is 0.246 e. The molecule has 7 nitrogen and oxygen atoms in total. The Labute approximate surface area is 169 Å². The normalized spacial score (nSPS) is 17.3. The van der Waals surface area contributed by atoms with Gasteiger partial charge in [-0.1, -0.05) is 18.2 Å². The first kappa shape index (κ1) is 17.4. The Morgan fingerprint density at radius 1 is 1.18 bits per heavy atom. The van der Waals surface area contributed by atoms with Crippen molar-refractivity contribution >= 4 is 38.8 Å². The number of thiazole rings is 1. The van der Waals surface area contributed by atoms with E-state index in [1.807, 2.05) is 40.6 Å². The number of carbonyl (C=O) groups is 1. The molecule has 4 heterocycles. The van der Waals surface area contributed by atoms with E-state index >= 15 is 0 Å². The molecule has 0 N–H and O–H groups in total. The van der Waals surface area contributed by atoms with Crippen LogP contribution in [0.1, 0.15) is 30.3 Å². The number of nitrogens with zero attached hydrogens (tertiary/aromatic N) is 6. The number of likely N-dealkylation sites (tertiary alicyclic amines) is 1. The van der Waals surface area contributed by atoms with Crippen LogP contribution in [0.5, 0.6) is 0 Å². The molecule has 1 atom stereocenters. The molecule has 0 spiro atoms. The Kier molecular flexibility index (Phi) is 4.61. The molecule has 0 saturated carbocycles. The maximum absolute atomic E-state index is 13.0. The van der Waals surface area contributed by atoms with Crippen LogP contribution in [0.15, 0.2) is 41.8 Å². The summed E-state index contributed by atoms with van der Waals surface area (Å²) in [6, 6.07) is 12.0. The molecule has 142 valence electrons. The minimum atomic E-state index is 0.0130. The molecule has 0 bridgehead atoms. The second-order valence-electron chi connectivity index (χ2n) is 6.74. The van der Waals surface area contributed by atoms with Crippen molar-refractivity contribution in [2.24, 2.45) is 0 Å². The fourth-order valence-electron chi connectivity index (χ4n) is 3.55. The van der Waals surface area contributed by atoms with Crippen LogP contribution in [0.25, 0.3) is 20.9 Å². The molecular formula is C19H18N6OS2. The molecule has 1 fully saturated rings. The number of rotatable bonds is 4. The molecule has 3 aromatic heterocycles. The minimum absolute atomic E-state index is 0.0130. The first-order valence-corrected chi connectivity index (χ1v) is 10.9. The first-order valence-electron chi connectivity index (χ1n) is 9.24. The molecule has 1 amide bonds. The fraction of sp³-hybridized carbons (Fsp3) is 0.316. The van der Waals surface area contributed by atoms with Gasteiger partial charge in [0.25, 0.3) is 0 Å². The summed E-state index contributed by atoms with van der Waals surface area (Å²) >= 11 is 3.23. The molecule has 0 aliphatic carbocycles. The molecule has 1 saturated heterocycles. The predicted octanol–water partition coefficient (Wildman–Crippen LogP) is 3.77. The second-order valence-corrected chi connectivity index (χ2v) is 8.75. The van der Waals surface area contributed by atoms with Crippen LogP contribution in [0, 0.1) is 0 Å². The van der Waals surface area contributed by atoms with Crippen LogP contribution in [0.4, 0.5) is 0 Å². The van der Waals surface area contributed by atoms with Crippen LogP contribution in [-0.2, 0) is 11.3 Å². The monoisotopic (exact) mass is 410 g/mol. The number of piperidine rings is 1. The molecule has 4 aromatic rings. The van der Waals surface area contributed by atoms with Crippen molar-refractivity contribution in [1.82, 2.24) is 30.1 Å². The zero-order valence-electron chi connectivity index (χ0n) is 15.1. The van der Waals surface area contributed by atoms with E-state index in [0.29, 0.717) is 5.82 Å². The zero-order chi connectivity index (χ0) is 18.9. The van der Waals surface area contributed by atoms with Gasteiger partial charge >= 0.3 is 0 Å². The van der Waals surface area contributed by atoms with Gasteiger partial charge in [-0.3, -0.25) is 4.79 Å². The number of para-hydroxylation sites is 1. The van der Waals surface area contributed by atoms with Gasteiger partial charge in [0.15, 0.2) is 0 Å². The Hall–Kier alpha value is -2.65. The van der Waals surface area contributed by atoms with Gasteiger partial charge in [0.2, 0.25) is 11.7 Å². The number of tetrazole rings is 1. The van der Waals surface area contributed by atoms with Crippen molar-refractivity contribution in [2.75, 3.05) is 6.54 Å². The largest absolute Gasteiger partial charge is 0.332 e. The third-order valence-electron chi connectivity index (χ3n) is 4.89. The molecule has 1 aliphatic heterocycles. The van der Waals surface area contributed by atoms with Gasteiger partial charge in [-0.05, 0) is 48.1 Å². The quantitative estimate of drug-likeness (QED) is 0.512. The van der Waals surface area contributed by atoms with Crippen LogP contribution < -0.4 is 0 Å². The second kappa shape index (κ2) is 7.40. The molecule has 0 radical (unpaired) electrons. The number of hydrogen-bond donors (Lipinski definition) is 0. The highest BCUT2D eigenvalue weighted by Gasteiger charge is 2.30. The predicted molar refractivity (Wildman–Crippen MR) is 109 cm³/mol. The van der Waals surface area contributed by atoms with Gasteiger partial charge in [-0.2, -0.15) is 4.80 Å². The van der Waals surface area contributed by atoms with Crippen molar-refractivity contribution in [1.29, 1.82) is 0 Å². The number of amides is 1. The molecule has 28 heavy (non-hydrogen) atoms. The Bertz CT molecular complexity index is 1070. The first-order chi connectivity index (χ1) is 13.8. The van der Waals surface area contributed by atoms with E-state index in [2.05, 4.69) is 21.5 Å². The Morgan fingerprint density at radius 2 is 2.11 bits per heavy atom. The van der Waals surface area contributed by atoms with E-state index in [-0.39, 0.29) is 18.5 Å². The number of carbonyl (C=O) groups excluding carboxylic acids is 1. The molecule has 9 heteroatoms. The standard InChI is InChI=1S/C19H18N6OS2/c26-17(12-25-22-18(21-23-25)16-9-5-11-27-16)24-10-4-3-7-14(24)19-20-13-6-1-2-8-15(13)28-19/h1-2,5-6,8-9,11,14H,3-4,7,10,12H2/t14-/m1/s1. The van der Waals surface area contributed by atoms with Crippen molar-refractivity contribution in [2.45, 2.75) is 31.8 Å². The summed E-state index contributed by atoms with van der Waals surface area (Å²) in [5.41, 5.74) is 0.999. The van der Waals surface area contributed by atoms with Gasteiger partial charge in [-0.15, -0.1) is 32.9 Å². The van der Waals surface area contributed by atoms with Crippen molar-refractivity contribution < 1.29 is 4.79 Å². The van der Waals surface area contributed by atoms with Gasteiger partial charge in [0.1, 0.15) is 11.6 Å². The maximum atomic E-state index is 13.0. The highest BCUT2D eigenvalue weighted by Crippen LogP contribution is 2.35. The van der Waals surface area contributed by atoms with E-state index < -0.39 is 0 Å². The van der Waals surface area contributed by atoms with Crippen LogP contribution in [-0.4, -0.2) is 42.5 Å². The fourth-order valence-corrected chi connectivity index (χ4v) is 5.31. The van der Waals surface area contributed by atoms with E-state index in [9.17, 15) is 4.79 Å². The summed E-state index contributed by atoms with van der Waals surface area (Å²) in [5.74, 6) is 0.572. The highest BCUT2D eigenvalue weighted by molar-refractivity contribution is 7.18. The molecular weight excluding hydrogens is 392 g/mol. The highest BCUT2D eigenvalue weighted by atomic mass is 32.1. The third kappa shape index (κ3) is 3.31. The van der Waals surface area contributed by atoms with Crippen molar-refractivity contribution in [3.63, 3.8) is 0 Å². The average molecular weight is 411 g/mol. The molecule has 0 unspecified atom stereocenters. The Balaban J connectivity index is 1.36. The van der Waals surface area contributed by atoms with Crippen LogP contribution in [0.2, 0.25) is 0 Å². The number of aromatic nitrogens is 5. The van der Waals surface area contributed by atoms with Gasteiger partial charge in [0.05, 0.1) is 21.1 Å². The minimum Gasteiger partial charge on any atom is -0.332 e. The summed E-state index contributed by atoms with van der Waals surface area (Å²) in [6.45, 7) is 0.839. The van der Waals surface area contributed by atoms with Crippen LogP contribution >= 0.6 is 22.7 Å². The average Bonchev–Trinajstić information content (AvgIpc) is 3.47. The summed E-state index contributed by atoms with van der Waals surface area (Å²) in [7, 11) is 0. The number of thiophene rings is 1. The SMILES string of the molecule is O=C(Cn1nnc(-c2cccs2)n1)N1CCCC[C@@H]1c1nc2ccccc2s1. The lowest BCUT2D eigenvalue weighted by molar-refractivity contribution is -0.136. The zero-order valence-corrected chi connectivity index (χ0v) is 16.7. The molecule has 1 aliphatic rings. The van der Waals surface area contributed by atoms with E-state index in [1.54, 1.807) is 22.7 Å². The number of fused-ring (bicyclic) bond motifs is 1. The summed E-state index contributed by atoms with van der Waals surface area (Å²) < 4.78 is 1.16. The van der Waals surface area contributed by atoms with Crippen molar-refractivity contribution in [3.8, 4) is 10.7 Å². The number of hydrogen-bond acceptors (Lipinski definition) is 7. The van der Waals surface area contributed by atoms with Gasteiger partial charge in [-0.25, -0.2) is 4.98 Å². The van der Waals surface area contributed by atoms with Gasteiger partial charge < -0.3 is 4.90 Å². The van der Waals surface area contributed by atoms with E-state index in [0.717, 1.165) is 45.9 Å². The maximum Gasteiger partial charge on any atom is 0.246 e. The Morgan fingerprint density at radius 3 is 2.96 bits per heavy atom. The van der Waals surface area contributed by atoms with Crippen LogP contribution in [0.3, 0.4) is 0 Å². The third-order valence-corrected chi connectivity index (χ3v) is 6.89. The number of benzene rings is 1.